The quantitative estimate of drug-likeness (QED) is 0.580. The molecule has 128 valence electrons. The molecule has 5 heteroatoms. The largest absolute Gasteiger partial charge is 0.505 e. The standard InChI is InChI=1S/C21H18N4O/c1-14-4-2-6-18(24-14)25-19(16-9-12-22-13-10-16)17-8-7-15-5-3-11-23-20(15)21(17)26/h2-13,19,26H,1H3,(H,24,25). The maximum absolute atomic E-state index is 10.9. The Morgan fingerprint density at radius 2 is 1.77 bits per heavy atom. The highest BCUT2D eigenvalue weighted by Crippen LogP contribution is 2.35. The third-order valence-corrected chi connectivity index (χ3v) is 4.31. The van der Waals surface area contributed by atoms with E-state index in [9.17, 15) is 5.11 Å². The smallest absolute Gasteiger partial charge is 0.147 e. The minimum atomic E-state index is -0.279. The van der Waals surface area contributed by atoms with Gasteiger partial charge in [0, 0.05) is 35.2 Å². The number of nitrogens with zero attached hydrogens (tertiary/aromatic N) is 3. The van der Waals surface area contributed by atoms with Crippen molar-refractivity contribution in [2.45, 2.75) is 13.0 Å². The average Bonchev–Trinajstić information content (AvgIpc) is 2.68. The number of phenols is 1. The van der Waals surface area contributed by atoms with Crippen LogP contribution in [0.3, 0.4) is 0 Å². The van der Waals surface area contributed by atoms with E-state index in [0.717, 1.165) is 28.0 Å². The number of aryl methyl sites for hydroxylation is 1. The number of rotatable bonds is 4. The zero-order valence-corrected chi connectivity index (χ0v) is 14.3. The number of pyridine rings is 3. The first-order valence-electron chi connectivity index (χ1n) is 8.39. The molecule has 4 aromatic rings. The van der Waals surface area contributed by atoms with E-state index in [0.29, 0.717) is 5.52 Å². The fraction of sp³-hybridized carbons (Fsp3) is 0.0952. The maximum Gasteiger partial charge on any atom is 0.147 e. The molecule has 0 aliphatic heterocycles. The summed E-state index contributed by atoms with van der Waals surface area (Å²) in [5.41, 5.74) is 3.23. The molecular formula is C21H18N4O. The van der Waals surface area contributed by atoms with Crippen LogP contribution in [0.25, 0.3) is 10.9 Å². The number of aromatic nitrogens is 3. The molecule has 0 fully saturated rings. The van der Waals surface area contributed by atoms with E-state index in [-0.39, 0.29) is 11.8 Å². The van der Waals surface area contributed by atoms with Crippen LogP contribution in [-0.4, -0.2) is 20.1 Å². The van der Waals surface area contributed by atoms with Crippen LogP contribution in [0.1, 0.15) is 22.9 Å². The van der Waals surface area contributed by atoms with Gasteiger partial charge in [0.15, 0.2) is 0 Å². The molecule has 0 spiro atoms. The number of anilines is 1. The second kappa shape index (κ2) is 6.80. The summed E-state index contributed by atoms with van der Waals surface area (Å²) >= 11 is 0. The van der Waals surface area contributed by atoms with Gasteiger partial charge in [-0.1, -0.05) is 24.3 Å². The van der Waals surface area contributed by atoms with Crippen molar-refractivity contribution in [2.75, 3.05) is 5.32 Å². The van der Waals surface area contributed by atoms with Crippen LogP contribution >= 0.6 is 0 Å². The van der Waals surface area contributed by atoms with Gasteiger partial charge in [-0.05, 0) is 42.8 Å². The predicted molar refractivity (Wildman–Crippen MR) is 102 cm³/mol. The first-order valence-corrected chi connectivity index (χ1v) is 8.39. The Bertz CT molecular complexity index is 1050. The molecule has 5 nitrogen and oxygen atoms in total. The normalized spacial score (nSPS) is 12.0. The van der Waals surface area contributed by atoms with Crippen molar-refractivity contribution >= 4 is 16.7 Å². The fourth-order valence-corrected chi connectivity index (χ4v) is 3.05. The van der Waals surface area contributed by atoms with E-state index in [2.05, 4.69) is 20.3 Å². The third kappa shape index (κ3) is 3.07. The molecule has 3 heterocycles. The number of nitrogens with one attached hydrogen (secondary N) is 1. The van der Waals surface area contributed by atoms with Gasteiger partial charge in [-0.15, -0.1) is 0 Å². The lowest BCUT2D eigenvalue weighted by Gasteiger charge is -2.22. The molecule has 1 unspecified atom stereocenters. The fourth-order valence-electron chi connectivity index (χ4n) is 3.05. The Balaban J connectivity index is 1.84. The molecule has 0 aliphatic rings. The molecule has 0 radical (unpaired) electrons. The Labute approximate surface area is 151 Å². The third-order valence-electron chi connectivity index (χ3n) is 4.31. The first kappa shape index (κ1) is 16.0. The average molecular weight is 342 g/mol. The Morgan fingerprint density at radius 3 is 2.58 bits per heavy atom. The number of aromatic hydroxyl groups is 1. The van der Waals surface area contributed by atoms with Crippen molar-refractivity contribution in [1.82, 2.24) is 15.0 Å². The molecule has 3 aromatic heterocycles. The lowest BCUT2D eigenvalue weighted by molar-refractivity contribution is 0.471. The summed E-state index contributed by atoms with van der Waals surface area (Å²) in [4.78, 5) is 13.0. The second-order valence-corrected chi connectivity index (χ2v) is 6.10. The highest BCUT2D eigenvalue weighted by atomic mass is 16.3. The zero-order chi connectivity index (χ0) is 17.9. The van der Waals surface area contributed by atoms with E-state index in [4.69, 9.17) is 0 Å². The summed E-state index contributed by atoms with van der Waals surface area (Å²) in [7, 11) is 0. The minimum absolute atomic E-state index is 0.171. The number of benzene rings is 1. The summed E-state index contributed by atoms with van der Waals surface area (Å²) in [6.07, 6.45) is 5.16. The van der Waals surface area contributed by atoms with Crippen molar-refractivity contribution in [3.8, 4) is 5.75 Å². The zero-order valence-electron chi connectivity index (χ0n) is 14.3. The second-order valence-electron chi connectivity index (χ2n) is 6.10. The molecular weight excluding hydrogens is 324 g/mol. The summed E-state index contributed by atoms with van der Waals surface area (Å²) in [5, 5.41) is 15.2. The molecule has 0 saturated heterocycles. The minimum Gasteiger partial charge on any atom is -0.505 e. The number of fused-ring (bicyclic) bond motifs is 1. The van der Waals surface area contributed by atoms with Crippen LogP contribution in [0.5, 0.6) is 5.75 Å². The van der Waals surface area contributed by atoms with E-state index in [1.165, 1.54) is 0 Å². The van der Waals surface area contributed by atoms with Crippen molar-refractivity contribution in [3.05, 3.63) is 90.0 Å². The van der Waals surface area contributed by atoms with Crippen LogP contribution in [0, 0.1) is 6.92 Å². The molecule has 4 rings (SSSR count). The van der Waals surface area contributed by atoms with Gasteiger partial charge >= 0.3 is 0 Å². The van der Waals surface area contributed by atoms with Crippen LogP contribution in [-0.2, 0) is 0 Å². The molecule has 1 atom stereocenters. The van der Waals surface area contributed by atoms with Crippen LogP contribution in [0.15, 0.2) is 73.2 Å². The van der Waals surface area contributed by atoms with Gasteiger partial charge in [-0.3, -0.25) is 9.97 Å². The molecule has 0 aliphatic carbocycles. The predicted octanol–water partition coefficient (Wildman–Crippen LogP) is 4.24. The Kier molecular flexibility index (Phi) is 4.19. The lowest BCUT2D eigenvalue weighted by atomic mass is 9.97. The van der Waals surface area contributed by atoms with E-state index in [1.54, 1.807) is 18.6 Å². The Hall–Kier alpha value is -3.47. The topological polar surface area (TPSA) is 70.9 Å². The Morgan fingerprint density at radius 1 is 0.923 bits per heavy atom. The van der Waals surface area contributed by atoms with E-state index < -0.39 is 0 Å². The molecule has 1 aromatic carbocycles. The molecule has 0 bridgehead atoms. The number of phenolic OH excluding ortho intramolecular Hbond substituents is 1. The summed E-state index contributed by atoms with van der Waals surface area (Å²) < 4.78 is 0. The van der Waals surface area contributed by atoms with Gasteiger partial charge in [0.1, 0.15) is 17.1 Å². The van der Waals surface area contributed by atoms with Crippen LogP contribution in [0.2, 0.25) is 0 Å². The summed E-state index contributed by atoms with van der Waals surface area (Å²) in [5.74, 6) is 0.914. The lowest BCUT2D eigenvalue weighted by Crippen LogP contribution is -2.14. The highest BCUT2D eigenvalue weighted by Gasteiger charge is 2.20. The van der Waals surface area contributed by atoms with Gasteiger partial charge in [0.05, 0.1) is 6.04 Å². The van der Waals surface area contributed by atoms with Crippen LogP contribution < -0.4 is 5.32 Å². The molecule has 0 saturated carbocycles. The van der Waals surface area contributed by atoms with Gasteiger partial charge in [0.25, 0.3) is 0 Å². The van der Waals surface area contributed by atoms with Gasteiger partial charge in [-0.25, -0.2) is 4.98 Å². The van der Waals surface area contributed by atoms with Crippen molar-refractivity contribution in [3.63, 3.8) is 0 Å². The van der Waals surface area contributed by atoms with Crippen molar-refractivity contribution < 1.29 is 5.11 Å². The molecule has 0 amide bonds. The van der Waals surface area contributed by atoms with Crippen LogP contribution in [0.4, 0.5) is 5.82 Å². The van der Waals surface area contributed by atoms with Gasteiger partial charge in [-0.2, -0.15) is 0 Å². The van der Waals surface area contributed by atoms with Gasteiger partial charge in [0.2, 0.25) is 0 Å². The summed E-state index contributed by atoms with van der Waals surface area (Å²) in [6.45, 7) is 1.95. The highest BCUT2D eigenvalue weighted by molar-refractivity contribution is 5.86. The molecule has 26 heavy (non-hydrogen) atoms. The molecule has 2 N–H and O–H groups in total. The SMILES string of the molecule is Cc1cccc(NC(c2ccncc2)c2ccc3cccnc3c2O)n1. The number of hydrogen-bond donors (Lipinski definition) is 2. The van der Waals surface area contributed by atoms with Crippen molar-refractivity contribution in [2.24, 2.45) is 0 Å². The van der Waals surface area contributed by atoms with E-state index in [1.807, 2.05) is 61.5 Å². The monoisotopic (exact) mass is 342 g/mol. The summed E-state index contributed by atoms with van der Waals surface area (Å²) in [6, 6.07) is 17.1. The van der Waals surface area contributed by atoms with Gasteiger partial charge < -0.3 is 10.4 Å². The maximum atomic E-state index is 10.9. The number of hydrogen-bond acceptors (Lipinski definition) is 5. The van der Waals surface area contributed by atoms with E-state index >= 15 is 0 Å². The van der Waals surface area contributed by atoms with Crippen molar-refractivity contribution in [1.29, 1.82) is 0 Å². The first-order chi connectivity index (χ1) is 12.7.